The molecule has 0 bridgehead atoms. The van der Waals surface area contributed by atoms with Gasteiger partial charge in [0.1, 0.15) is 13.2 Å². The van der Waals surface area contributed by atoms with Crippen LogP contribution in [-0.4, -0.2) is 19.5 Å². The van der Waals surface area contributed by atoms with Crippen molar-refractivity contribution >= 4 is 16.0 Å². The number of hydrogen-bond donors (Lipinski definition) is 1. The minimum Gasteiger partial charge on any atom is -0.457 e. The van der Waals surface area contributed by atoms with Crippen molar-refractivity contribution in [2.75, 3.05) is 0 Å². The largest absolute Gasteiger partial charge is 0.457 e. The molecule has 2 aromatic carbocycles. The minimum absolute atomic E-state index is 0.0511. The van der Waals surface area contributed by atoms with Gasteiger partial charge in [0.05, 0.1) is 10.5 Å². The summed E-state index contributed by atoms with van der Waals surface area (Å²) >= 11 is 0. The first-order chi connectivity index (χ1) is 11.8. The molecule has 0 radical (unpaired) electrons. The Morgan fingerprint density at radius 1 is 1.08 bits per heavy atom. The van der Waals surface area contributed by atoms with Gasteiger partial charge in [0.25, 0.3) is 5.09 Å². The molecule has 25 heavy (non-hydrogen) atoms. The van der Waals surface area contributed by atoms with Gasteiger partial charge in [0.15, 0.2) is 0 Å². The maximum atomic E-state index is 12.1. The van der Waals surface area contributed by atoms with Gasteiger partial charge < -0.3 is 9.57 Å². The summed E-state index contributed by atoms with van der Waals surface area (Å²) in [6.07, 6.45) is 0. The maximum absolute atomic E-state index is 12.1. The van der Waals surface area contributed by atoms with Crippen molar-refractivity contribution in [3.05, 3.63) is 75.3 Å². The molecule has 0 aliphatic rings. The fourth-order valence-corrected chi connectivity index (χ4v) is 2.48. The number of nitrogens with two attached hydrogens (primary N) is 1. The van der Waals surface area contributed by atoms with E-state index in [2.05, 4.69) is 4.84 Å². The summed E-state index contributed by atoms with van der Waals surface area (Å²) in [4.78, 5) is 26.6. The number of nitrogens with zero attached hydrogens (tertiary/aromatic N) is 1. The van der Waals surface area contributed by atoms with Crippen LogP contribution < -0.4 is 5.14 Å². The highest BCUT2D eigenvalue weighted by Crippen LogP contribution is 2.14. The van der Waals surface area contributed by atoms with Gasteiger partial charge in [-0.2, -0.15) is 0 Å². The lowest BCUT2D eigenvalue weighted by Crippen LogP contribution is -2.12. The van der Waals surface area contributed by atoms with Crippen molar-refractivity contribution in [1.82, 2.24) is 0 Å². The topological polar surface area (TPSA) is 139 Å². The lowest BCUT2D eigenvalue weighted by atomic mass is 10.1. The van der Waals surface area contributed by atoms with E-state index in [1.807, 2.05) is 0 Å². The number of esters is 1. The standard InChI is InChI=1S/C15H14N2O7S/c16-25(21,22)13-7-5-11(6-8-13)9-23-15(18)14-4-2-1-3-12(14)10-24-17(19)20/h1-8H,9-10H2,(H2,16,21,22). The van der Waals surface area contributed by atoms with Gasteiger partial charge in [-0.25, -0.2) is 18.4 Å². The van der Waals surface area contributed by atoms with Crippen molar-refractivity contribution in [2.45, 2.75) is 18.1 Å². The van der Waals surface area contributed by atoms with E-state index < -0.39 is 21.1 Å². The Kier molecular flexibility index (Phi) is 5.67. The fraction of sp³-hybridized carbons (Fsp3) is 0.133. The Balaban J connectivity index is 2.04. The van der Waals surface area contributed by atoms with Crippen LogP contribution in [0.2, 0.25) is 0 Å². The molecule has 0 aliphatic carbocycles. The molecule has 2 aromatic rings. The quantitative estimate of drug-likeness (QED) is 0.444. The first kappa shape index (κ1) is 18.4. The number of carbonyl (C=O) groups excluding carboxylic acids is 1. The molecule has 0 heterocycles. The third-order valence-corrected chi connectivity index (χ3v) is 4.11. The summed E-state index contributed by atoms with van der Waals surface area (Å²) in [6.45, 7) is -0.477. The van der Waals surface area contributed by atoms with Gasteiger partial charge in [0.2, 0.25) is 10.0 Å². The SMILES string of the molecule is NS(=O)(=O)c1ccc(COC(=O)c2ccccc2CO[N+](=O)[O-])cc1. The minimum atomic E-state index is -3.79. The third-order valence-electron chi connectivity index (χ3n) is 3.18. The van der Waals surface area contributed by atoms with Gasteiger partial charge in [-0.05, 0) is 29.3 Å². The van der Waals surface area contributed by atoms with E-state index in [-0.39, 0.29) is 23.7 Å². The first-order valence-electron chi connectivity index (χ1n) is 6.91. The Labute approximate surface area is 143 Å². The number of carbonyl (C=O) groups is 1. The van der Waals surface area contributed by atoms with Crippen molar-refractivity contribution in [2.24, 2.45) is 5.14 Å². The van der Waals surface area contributed by atoms with Crippen LogP contribution in [0, 0.1) is 10.1 Å². The van der Waals surface area contributed by atoms with E-state index in [0.717, 1.165) is 0 Å². The van der Waals surface area contributed by atoms with E-state index in [4.69, 9.17) is 9.88 Å². The van der Waals surface area contributed by atoms with Crippen LogP contribution in [0.4, 0.5) is 0 Å². The molecular weight excluding hydrogens is 352 g/mol. The summed E-state index contributed by atoms with van der Waals surface area (Å²) < 4.78 is 27.5. The zero-order valence-corrected chi connectivity index (χ0v) is 13.6. The molecule has 0 fully saturated rings. The molecule has 2 rings (SSSR count). The fourth-order valence-electron chi connectivity index (χ4n) is 1.97. The predicted molar refractivity (Wildman–Crippen MR) is 85.2 cm³/mol. The van der Waals surface area contributed by atoms with Crippen LogP contribution in [0.15, 0.2) is 53.4 Å². The summed E-state index contributed by atoms with van der Waals surface area (Å²) in [5, 5.41) is 14.3. The summed E-state index contributed by atoms with van der Waals surface area (Å²) in [6, 6.07) is 11.7. The van der Waals surface area contributed by atoms with Crippen molar-refractivity contribution in [3.8, 4) is 0 Å². The number of hydrogen-bond acceptors (Lipinski definition) is 7. The van der Waals surface area contributed by atoms with E-state index in [0.29, 0.717) is 11.1 Å². The molecule has 9 nitrogen and oxygen atoms in total. The maximum Gasteiger partial charge on any atom is 0.338 e. The molecular formula is C15H14N2O7S. The van der Waals surface area contributed by atoms with Crippen LogP contribution >= 0.6 is 0 Å². The van der Waals surface area contributed by atoms with E-state index in [1.54, 1.807) is 12.1 Å². The Bertz CT molecular complexity index is 879. The summed E-state index contributed by atoms with van der Waals surface area (Å²) in [5.41, 5.74) is 1.01. The second kappa shape index (κ2) is 7.73. The predicted octanol–water partition coefficient (Wildman–Crippen LogP) is 1.40. The molecule has 0 saturated carbocycles. The van der Waals surface area contributed by atoms with Gasteiger partial charge in [-0.15, -0.1) is 10.1 Å². The molecule has 0 unspecified atom stereocenters. The zero-order chi connectivity index (χ0) is 18.4. The number of rotatable bonds is 7. The number of benzene rings is 2. The van der Waals surface area contributed by atoms with Crippen LogP contribution in [-0.2, 0) is 32.8 Å². The molecule has 0 saturated heterocycles. The summed E-state index contributed by atoms with van der Waals surface area (Å²) in [5.74, 6) is -0.682. The van der Waals surface area contributed by atoms with Crippen LogP contribution in [0.5, 0.6) is 0 Å². The molecule has 132 valence electrons. The number of primary sulfonamides is 1. The number of ether oxygens (including phenoxy) is 1. The van der Waals surface area contributed by atoms with E-state index in [9.17, 15) is 23.3 Å². The number of sulfonamides is 1. The van der Waals surface area contributed by atoms with Gasteiger partial charge in [0, 0.05) is 0 Å². The van der Waals surface area contributed by atoms with E-state index in [1.165, 1.54) is 36.4 Å². The Morgan fingerprint density at radius 3 is 2.32 bits per heavy atom. The third kappa shape index (κ3) is 5.26. The average Bonchev–Trinajstić information content (AvgIpc) is 2.57. The first-order valence-corrected chi connectivity index (χ1v) is 8.46. The second-order valence-corrected chi connectivity index (χ2v) is 6.48. The van der Waals surface area contributed by atoms with Crippen LogP contribution in [0.1, 0.15) is 21.5 Å². The molecule has 0 spiro atoms. The molecule has 0 aliphatic heterocycles. The molecule has 10 heteroatoms. The molecule has 0 amide bonds. The highest BCUT2D eigenvalue weighted by Gasteiger charge is 2.14. The van der Waals surface area contributed by atoms with Crippen molar-refractivity contribution < 1.29 is 27.9 Å². The Hall–Kier alpha value is -2.98. The van der Waals surface area contributed by atoms with Crippen molar-refractivity contribution in [1.29, 1.82) is 0 Å². The van der Waals surface area contributed by atoms with Crippen molar-refractivity contribution in [3.63, 3.8) is 0 Å². The zero-order valence-electron chi connectivity index (χ0n) is 12.8. The normalized spacial score (nSPS) is 10.9. The monoisotopic (exact) mass is 366 g/mol. The highest BCUT2D eigenvalue weighted by atomic mass is 32.2. The molecule has 0 aromatic heterocycles. The van der Waals surface area contributed by atoms with Gasteiger partial charge >= 0.3 is 5.97 Å². The smallest absolute Gasteiger partial charge is 0.338 e. The van der Waals surface area contributed by atoms with Gasteiger partial charge in [-0.3, -0.25) is 0 Å². The van der Waals surface area contributed by atoms with E-state index >= 15 is 0 Å². The van der Waals surface area contributed by atoms with Crippen LogP contribution in [0.25, 0.3) is 0 Å². The summed E-state index contributed by atoms with van der Waals surface area (Å²) in [7, 11) is -3.79. The average molecular weight is 366 g/mol. The second-order valence-electron chi connectivity index (χ2n) is 4.92. The lowest BCUT2D eigenvalue weighted by molar-refractivity contribution is -0.763. The Morgan fingerprint density at radius 2 is 1.72 bits per heavy atom. The lowest BCUT2D eigenvalue weighted by Gasteiger charge is -2.09. The van der Waals surface area contributed by atoms with Gasteiger partial charge in [-0.1, -0.05) is 30.3 Å². The molecule has 0 atom stereocenters. The molecule has 2 N–H and O–H groups in total. The van der Waals surface area contributed by atoms with Crippen LogP contribution in [0.3, 0.4) is 0 Å². The highest BCUT2D eigenvalue weighted by molar-refractivity contribution is 7.89.